The highest BCUT2D eigenvalue weighted by Crippen LogP contribution is 2.45. The number of hydrogen-bond acceptors (Lipinski definition) is 1. The van der Waals surface area contributed by atoms with E-state index >= 15 is 0 Å². The van der Waals surface area contributed by atoms with Crippen LogP contribution in [0, 0.1) is 0 Å². The van der Waals surface area contributed by atoms with Crippen LogP contribution in [0.3, 0.4) is 0 Å². The molecular weight excluding hydrogens is 657 g/mol. The highest BCUT2D eigenvalue weighted by molar-refractivity contribution is 6.21. The first-order chi connectivity index (χ1) is 26.7. The van der Waals surface area contributed by atoms with Crippen molar-refractivity contribution in [3.8, 4) is 33.6 Å². The SMILES string of the molecule is O=c1c2ccccc2c2cc(-c3ccc4c(-n5c6ccccc6c6ccccc65)c5ccccc5c(-c5ccccc5)c4c3)ccc2n1-c1ccccc1. The van der Waals surface area contributed by atoms with E-state index in [1.54, 1.807) is 0 Å². The zero-order valence-corrected chi connectivity index (χ0v) is 29.3. The lowest BCUT2D eigenvalue weighted by molar-refractivity contribution is 1.06. The van der Waals surface area contributed by atoms with Crippen LogP contribution in [0.25, 0.3) is 98.7 Å². The molecule has 0 atom stereocenters. The van der Waals surface area contributed by atoms with Crippen molar-refractivity contribution in [1.29, 1.82) is 0 Å². The Balaban J connectivity index is 1.25. The summed E-state index contributed by atoms with van der Waals surface area (Å²) in [5, 5.41) is 9.98. The van der Waals surface area contributed by atoms with Gasteiger partial charge in [0.25, 0.3) is 5.56 Å². The van der Waals surface area contributed by atoms with Gasteiger partial charge in [-0.1, -0.05) is 146 Å². The lowest BCUT2D eigenvalue weighted by atomic mass is 9.88. The molecular formula is C51H32N2O. The molecule has 0 aliphatic rings. The highest BCUT2D eigenvalue weighted by Gasteiger charge is 2.21. The Bertz CT molecular complexity index is 3280. The van der Waals surface area contributed by atoms with Crippen LogP contribution in [0.15, 0.2) is 199 Å². The predicted octanol–water partition coefficient (Wildman–Crippen LogP) is 12.9. The van der Waals surface area contributed by atoms with E-state index < -0.39 is 0 Å². The van der Waals surface area contributed by atoms with Crippen molar-refractivity contribution in [3.05, 3.63) is 204 Å². The third-order valence-electron chi connectivity index (χ3n) is 11.1. The van der Waals surface area contributed by atoms with Gasteiger partial charge in [0.2, 0.25) is 0 Å². The van der Waals surface area contributed by atoms with Crippen LogP contribution in [0.4, 0.5) is 0 Å². The van der Waals surface area contributed by atoms with Crippen molar-refractivity contribution < 1.29 is 0 Å². The van der Waals surface area contributed by atoms with Crippen molar-refractivity contribution in [2.24, 2.45) is 0 Å². The number of para-hydroxylation sites is 3. The summed E-state index contributed by atoms with van der Waals surface area (Å²) in [6, 6.07) is 68.5. The van der Waals surface area contributed by atoms with Gasteiger partial charge in [-0.25, -0.2) is 0 Å². The molecule has 11 aromatic rings. The normalized spacial score (nSPS) is 11.8. The molecule has 9 aromatic carbocycles. The fraction of sp³-hybridized carbons (Fsp3) is 0. The van der Waals surface area contributed by atoms with E-state index in [0.29, 0.717) is 5.39 Å². The number of hydrogen-bond donors (Lipinski definition) is 0. The molecule has 0 amide bonds. The minimum absolute atomic E-state index is 0.0141. The smallest absolute Gasteiger partial charge is 0.263 e. The van der Waals surface area contributed by atoms with Crippen LogP contribution in [-0.2, 0) is 0 Å². The minimum Gasteiger partial charge on any atom is -0.308 e. The zero-order valence-electron chi connectivity index (χ0n) is 29.3. The summed E-state index contributed by atoms with van der Waals surface area (Å²) < 4.78 is 4.31. The number of rotatable bonds is 4. The maximum Gasteiger partial charge on any atom is 0.263 e. The summed E-state index contributed by atoms with van der Waals surface area (Å²) in [5.41, 5.74) is 9.90. The van der Waals surface area contributed by atoms with Crippen LogP contribution in [-0.4, -0.2) is 9.13 Å². The van der Waals surface area contributed by atoms with Crippen LogP contribution < -0.4 is 5.56 Å². The third kappa shape index (κ3) is 4.45. The maximum absolute atomic E-state index is 14.0. The molecule has 3 heteroatoms. The number of nitrogens with zero attached hydrogens (tertiary/aromatic N) is 2. The molecule has 0 saturated carbocycles. The van der Waals surface area contributed by atoms with E-state index in [9.17, 15) is 4.79 Å². The fourth-order valence-corrected chi connectivity index (χ4v) is 8.75. The topological polar surface area (TPSA) is 26.9 Å². The van der Waals surface area contributed by atoms with E-state index in [0.717, 1.165) is 33.1 Å². The summed E-state index contributed by atoms with van der Waals surface area (Å²) in [7, 11) is 0. The van der Waals surface area contributed by atoms with Crippen LogP contribution in [0.5, 0.6) is 0 Å². The van der Waals surface area contributed by atoms with Gasteiger partial charge >= 0.3 is 0 Å². The van der Waals surface area contributed by atoms with Gasteiger partial charge in [-0.3, -0.25) is 9.36 Å². The molecule has 3 nitrogen and oxygen atoms in total. The molecule has 0 bridgehead atoms. The van der Waals surface area contributed by atoms with Gasteiger partial charge < -0.3 is 4.57 Å². The van der Waals surface area contributed by atoms with Crippen LogP contribution in [0.2, 0.25) is 0 Å². The number of benzene rings is 9. The quantitative estimate of drug-likeness (QED) is 0.134. The van der Waals surface area contributed by atoms with Crippen molar-refractivity contribution in [3.63, 3.8) is 0 Å². The lowest BCUT2D eigenvalue weighted by Gasteiger charge is -2.20. The van der Waals surface area contributed by atoms with E-state index in [1.165, 1.54) is 60.2 Å². The minimum atomic E-state index is -0.0141. The molecule has 0 N–H and O–H groups in total. The molecule has 0 unspecified atom stereocenters. The third-order valence-corrected chi connectivity index (χ3v) is 11.1. The molecule has 0 aliphatic carbocycles. The first-order valence-electron chi connectivity index (χ1n) is 18.4. The van der Waals surface area contributed by atoms with Gasteiger partial charge in [0.1, 0.15) is 0 Å². The Hall–Kier alpha value is -7.23. The average molecular weight is 689 g/mol. The number of pyridine rings is 1. The van der Waals surface area contributed by atoms with Crippen LogP contribution >= 0.6 is 0 Å². The van der Waals surface area contributed by atoms with Gasteiger partial charge in [0, 0.05) is 38.0 Å². The lowest BCUT2D eigenvalue weighted by Crippen LogP contribution is -2.19. The standard InChI is InChI=1S/C51H32N2O/c54-51-43-24-10-7-19-37(43)44-31-35(28-30-48(44)52(51)36-17-5-2-6-18-36)34-27-29-42-45(32-34)49(33-15-3-1-4-16-33)40-22-8-9-23-41(40)50(42)53-46-25-13-11-20-38(46)39-21-12-14-26-47(39)53/h1-32H. The first kappa shape index (κ1) is 30.4. The van der Waals surface area contributed by atoms with E-state index in [1.807, 2.05) is 53.1 Å². The Morgan fingerprint density at radius 3 is 1.46 bits per heavy atom. The molecule has 0 saturated heterocycles. The molecule has 11 rings (SSSR count). The number of fused-ring (bicyclic) bond motifs is 8. The second-order valence-corrected chi connectivity index (χ2v) is 14.0. The summed E-state index contributed by atoms with van der Waals surface area (Å²) >= 11 is 0. The first-order valence-corrected chi connectivity index (χ1v) is 18.4. The van der Waals surface area contributed by atoms with Gasteiger partial charge in [-0.2, -0.15) is 0 Å². The maximum atomic E-state index is 14.0. The monoisotopic (exact) mass is 688 g/mol. The molecule has 0 radical (unpaired) electrons. The van der Waals surface area contributed by atoms with E-state index in [-0.39, 0.29) is 5.56 Å². The van der Waals surface area contributed by atoms with E-state index in [2.05, 4.69) is 150 Å². The molecule has 252 valence electrons. The molecule has 2 aromatic heterocycles. The van der Waals surface area contributed by atoms with Gasteiger partial charge in [-0.15, -0.1) is 0 Å². The molecule has 0 spiro atoms. The zero-order chi connectivity index (χ0) is 35.8. The summed E-state index contributed by atoms with van der Waals surface area (Å²) in [5.74, 6) is 0. The van der Waals surface area contributed by atoms with Gasteiger partial charge in [-0.05, 0) is 86.9 Å². The predicted molar refractivity (Wildman–Crippen MR) is 227 cm³/mol. The summed E-state index contributed by atoms with van der Waals surface area (Å²) in [6.07, 6.45) is 0. The molecule has 0 aliphatic heterocycles. The van der Waals surface area contributed by atoms with Crippen molar-refractivity contribution in [2.45, 2.75) is 0 Å². The van der Waals surface area contributed by atoms with E-state index in [4.69, 9.17) is 0 Å². The molecule has 2 heterocycles. The largest absolute Gasteiger partial charge is 0.308 e. The summed E-state index contributed by atoms with van der Waals surface area (Å²) in [6.45, 7) is 0. The molecule has 0 fully saturated rings. The Morgan fingerprint density at radius 2 is 0.778 bits per heavy atom. The van der Waals surface area contributed by atoms with Gasteiger partial charge in [0.05, 0.1) is 22.2 Å². The van der Waals surface area contributed by atoms with Crippen molar-refractivity contribution in [1.82, 2.24) is 9.13 Å². The second kappa shape index (κ2) is 11.9. The van der Waals surface area contributed by atoms with Crippen LogP contribution in [0.1, 0.15) is 0 Å². The summed E-state index contributed by atoms with van der Waals surface area (Å²) in [4.78, 5) is 14.0. The highest BCUT2D eigenvalue weighted by atomic mass is 16.1. The fourth-order valence-electron chi connectivity index (χ4n) is 8.75. The van der Waals surface area contributed by atoms with Crippen molar-refractivity contribution >= 4 is 65.0 Å². The van der Waals surface area contributed by atoms with Crippen molar-refractivity contribution in [2.75, 3.05) is 0 Å². The average Bonchev–Trinajstić information content (AvgIpc) is 3.57. The molecule has 54 heavy (non-hydrogen) atoms. The Labute approximate surface area is 311 Å². The second-order valence-electron chi connectivity index (χ2n) is 14.0. The van der Waals surface area contributed by atoms with Gasteiger partial charge in [0.15, 0.2) is 0 Å². The Morgan fingerprint density at radius 1 is 0.296 bits per heavy atom. The Kier molecular flexibility index (Phi) is 6.70. The number of aromatic nitrogens is 2.